The van der Waals surface area contributed by atoms with Crippen LogP contribution in [0.3, 0.4) is 0 Å². The number of carbonyl (C=O) groups is 1. The normalized spacial score (nSPS) is 60.1. The van der Waals surface area contributed by atoms with Crippen LogP contribution in [0.5, 0.6) is 0 Å². The summed E-state index contributed by atoms with van der Waals surface area (Å²) in [5, 5.41) is 33.8. The zero-order valence-corrected chi connectivity index (χ0v) is 23.8. The highest BCUT2D eigenvalue weighted by atomic mass is 16.7. The molecule has 9 heteroatoms. The summed E-state index contributed by atoms with van der Waals surface area (Å²) in [7, 11) is 1.49. The minimum Gasteiger partial charge on any atom is -0.462 e. The molecule has 3 N–H and O–H groups in total. The highest BCUT2D eigenvalue weighted by Crippen LogP contribution is 2.79. The maximum absolute atomic E-state index is 12.7. The standard InChI is InChI=1S/C30H46O9/c1-16-22(32)24(35-4)23(33)25(37-16)38-18-6-9-26(2)17(13-18)5-11-28-12-8-20-27(3,10-7-19(26)28)30(28,34)39-29(20)14-21(31)36-15-29/h16-20,22-25,32-34H,5-15H2,1-4H3/t16-,17?,18?,19?,20?,22-,23+,24+,25-,26?,27?,28?,29?,30?/m0/s1. The Morgan fingerprint density at radius 2 is 1.72 bits per heavy atom. The van der Waals surface area contributed by atoms with Crippen LogP contribution in [-0.2, 0) is 28.5 Å². The molecule has 7 rings (SSSR count). The van der Waals surface area contributed by atoms with Gasteiger partial charge in [0.15, 0.2) is 12.1 Å². The quantitative estimate of drug-likeness (QED) is 0.359. The number of rotatable bonds is 3. The monoisotopic (exact) mass is 550 g/mol. The second-order valence-electron chi connectivity index (χ2n) is 14.6. The van der Waals surface area contributed by atoms with E-state index in [0.29, 0.717) is 11.8 Å². The molecule has 9 unspecified atom stereocenters. The average Bonchev–Trinajstić information content (AvgIpc) is 3.29. The van der Waals surface area contributed by atoms with E-state index in [1.54, 1.807) is 6.92 Å². The van der Waals surface area contributed by atoms with E-state index in [1.165, 1.54) is 7.11 Å². The SMILES string of the molecule is CO[C@@H]1[C@@H](O)[C@H](C)O[C@@H](OC2CCC3(C)C(CCC45CCC6C7(COC(=O)C7)OC4(O)C6(C)CCC35)C2)[C@@H]1O. The number of esters is 1. The molecule has 4 aliphatic carbocycles. The van der Waals surface area contributed by atoms with Crippen LogP contribution in [-0.4, -0.2) is 83.2 Å². The smallest absolute Gasteiger partial charge is 0.308 e. The zero-order chi connectivity index (χ0) is 27.6. The van der Waals surface area contributed by atoms with Crippen LogP contribution in [0.2, 0.25) is 0 Å². The van der Waals surface area contributed by atoms with Gasteiger partial charge in [0.25, 0.3) is 0 Å². The highest BCUT2D eigenvalue weighted by Gasteiger charge is 2.82. The third kappa shape index (κ3) is 3.30. The molecule has 14 atom stereocenters. The third-order valence-electron chi connectivity index (χ3n) is 13.2. The van der Waals surface area contributed by atoms with Crippen LogP contribution in [0.15, 0.2) is 0 Å². The first-order valence-corrected chi connectivity index (χ1v) is 15.2. The van der Waals surface area contributed by atoms with Crippen LogP contribution in [0.25, 0.3) is 0 Å². The summed E-state index contributed by atoms with van der Waals surface area (Å²) < 4.78 is 29.9. The maximum Gasteiger partial charge on any atom is 0.308 e. The van der Waals surface area contributed by atoms with E-state index in [2.05, 4.69) is 13.8 Å². The van der Waals surface area contributed by atoms with Crippen molar-refractivity contribution in [3.63, 3.8) is 0 Å². The molecular formula is C30H46O9. The summed E-state index contributed by atoms with van der Waals surface area (Å²) in [5.41, 5.74) is -1.32. The Bertz CT molecular complexity index is 1020. The van der Waals surface area contributed by atoms with E-state index in [0.717, 1.165) is 57.8 Å². The van der Waals surface area contributed by atoms with Crippen LogP contribution in [0.4, 0.5) is 0 Å². The van der Waals surface area contributed by atoms with Crippen molar-refractivity contribution in [1.82, 2.24) is 0 Å². The van der Waals surface area contributed by atoms with E-state index < -0.39 is 42.1 Å². The van der Waals surface area contributed by atoms with Gasteiger partial charge in [-0.25, -0.2) is 0 Å². The summed E-state index contributed by atoms with van der Waals surface area (Å²) >= 11 is 0. The van der Waals surface area contributed by atoms with Crippen molar-refractivity contribution in [2.75, 3.05) is 13.7 Å². The van der Waals surface area contributed by atoms with Crippen molar-refractivity contribution >= 4 is 5.97 Å². The van der Waals surface area contributed by atoms with Crippen molar-refractivity contribution in [3.05, 3.63) is 0 Å². The minimum absolute atomic E-state index is 0.0444. The van der Waals surface area contributed by atoms with Crippen LogP contribution >= 0.6 is 0 Å². The predicted octanol–water partition coefficient (Wildman–Crippen LogP) is 2.67. The molecule has 39 heavy (non-hydrogen) atoms. The second kappa shape index (κ2) is 8.62. The molecule has 3 saturated heterocycles. The number of ether oxygens (including phenoxy) is 5. The number of aliphatic hydroxyl groups excluding tert-OH is 2. The molecule has 7 aliphatic rings. The molecule has 0 radical (unpaired) electrons. The van der Waals surface area contributed by atoms with Crippen molar-refractivity contribution in [3.8, 4) is 0 Å². The van der Waals surface area contributed by atoms with Crippen molar-refractivity contribution in [2.24, 2.45) is 34.0 Å². The van der Waals surface area contributed by atoms with E-state index >= 15 is 0 Å². The lowest BCUT2D eigenvalue weighted by Crippen LogP contribution is -2.71. The minimum atomic E-state index is -1.24. The fraction of sp³-hybridized carbons (Fsp3) is 0.967. The molecule has 4 saturated carbocycles. The van der Waals surface area contributed by atoms with Crippen LogP contribution < -0.4 is 0 Å². The largest absolute Gasteiger partial charge is 0.462 e. The summed E-state index contributed by atoms with van der Waals surface area (Å²) in [6.45, 7) is 6.68. The number of methoxy groups -OCH3 is 1. The molecule has 2 spiro atoms. The van der Waals surface area contributed by atoms with E-state index in [9.17, 15) is 20.1 Å². The Morgan fingerprint density at radius 1 is 0.974 bits per heavy atom. The molecule has 3 aliphatic heterocycles. The first kappa shape index (κ1) is 27.0. The average molecular weight is 551 g/mol. The Hall–Kier alpha value is -0.810. The third-order valence-corrected chi connectivity index (χ3v) is 13.2. The maximum atomic E-state index is 12.7. The van der Waals surface area contributed by atoms with Gasteiger partial charge in [0.2, 0.25) is 0 Å². The molecule has 3 heterocycles. The highest BCUT2D eigenvalue weighted by molar-refractivity contribution is 5.73. The van der Waals surface area contributed by atoms with Gasteiger partial charge in [0.1, 0.15) is 30.5 Å². The number of fused-ring (bicyclic) bond motifs is 3. The Morgan fingerprint density at radius 3 is 2.44 bits per heavy atom. The summed E-state index contributed by atoms with van der Waals surface area (Å²) in [4.78, 5) is 12.2. The van der Waals surface area contributed by atoms with Gasteiger partial charge in [-0.2, -0.15) is 0 Å². The van der Waals surface area contributed by atoms with Gasteiger partial charge in [-0.3, -0.25) is 4.79 Å². The molecule has 0 aromatic heterocycles. The first-order chi connectivity index (χ1) is 18.4. The molecule has 220 valence electrons. The van der Waals surface area contributed by atoms with Crippen LogP contribution in [0, 0.1) is 34.0 Å². The van der Waals surface area contributed by atoms with Gasteiger partial charge in [-0.05, 0) is 82.0 Å². The fourth-order valence-corrected chi connectivity index (χ4v) is 11.3. The van der Waals surface area contributed by atoms with E-state index in [-0.39, 0.29) is 47.3 Å². The van der Waals surface area contributed by atoms with Gasteiger partial charge in [0.05, 0.1) is 18.6 Å². The van der Waals surface area contributed by atoms with Gasteiger partial charge < -0.3 is 39.0 Å². The Balaban J connectivity index is 1.12. The van der Waals surface area contributed by atoms with Crippen molar-refractivity contribution in [1.29, 1.82) is 0 Å². The number of hydrogen-bond acceptors (Lipinski definition) is 9. The molecule has 7 fully saturated rings. The summed E-state index contributed by atoms with van der Waals surface area (Å²) in [6.07, 6.45) is 4.68. The van der Waals surface area contributed by atoms with E-state index in [4.69, 9.17) is 23.7 Å². The summed E-state index contributed by atoms with van der Waals surface area (Å²) in [6, 6.07) is 0. The Kier molecular flexibility index (Phi) is 5.98. The van der Waals surface area contributed by atoms with Gasteiger partial charge in [0, 0.05) is 23.9 Å². The van der Waals surface area contributed by atoms with Crippen molar-refractivity contribution < 1.29 is 43.8 Å². The topological polar surface area (TPSA) is 124 Å². The van der Waals surface area contributed by atoms with Gasteiger partial charge in [-0.15, -0.1) is 0 Å². The van der Waals surface area contributed by atoms with Gasteiger partial charge in [-0.1, -0.05) is 13.8 Å². The molecule has 0 amide bonds. The predicted molar refractivity (Wildman–Crippen MR) is 137 cm³/mol. The lowest BCUT2D eigenvalue weighted by Gasteiger charge is -2.70. The van der Waals surface area contributed by atoms with Gasteiger partial charge >= 0.3 is 5.97 Å². The van der Waals surface area contributed by atoms with E-state index in [1.807, 2.05) is 0 Å². The molecule has 4 bridgehead atoms. The lowest BCUT2D eigenvalue weighted by atomic mass is 9.36. The molecule has 0 aromatic carbocycles. The summed E-state index contributed by atoms with van der Waals surface area (Å²) in [5.74, 6) is -0.540. The lowest BCUT2D eigenvalue weighted by molar-refractivity contribution is -0.375. The number of aliphatic hydroxyl groups is 3. The number of carbonyl (C=O) groups excluding carboxylic acids is 1. The zero-order valence-electron chi connectivity index (χ0n) is 23.8. The van der Waals surface area contributed by atoms with Crippen LogP contribution in [0.1, 0.15) is 85.0 Å². The van der Waals surface area contributed by atoms with Crippen molar-refractivity contribution in [2.45, 2.75) is 133 Å². The second-order valence-corrected chi connectivity index (χ2v) is 14.6. The molecular weight excluding hydrogens is 504 g/mol. The fourth-order valence-electron chi connectivity index (χ4n) is 11.3. The number of cyclic esters (lactones) is 1. The molecule has 0 aromatic rings. The first-order valence-electron chi connectivity index (χ1n) is 15.2. The number of hydrogen-bond donors (Lipinski definition) is 3. The molecule has 9 nitrogen and oxygen atoms in total. The Labute approximate surface area is 230 Å².